The van der Waals surface area contributed by atoms with Crippen molar-refractivity contribution in [1.29, 1.82) is 0 Å². The molecule has 0 saturated heterocycles. The molecule has 0 fully saturated rings. The van der Waals surface area contributed by atoms with E-state index in [4.69, 9.17) is 32.4 Å². The van der Waals surface area contributed by atoms with Crippen molar-refractivity contribution in [2.75, 3.05) is 6.54 Å². The highest BCUT2D eigenvalue weighted by molar-refractivity contribution is 6.34. The molecule has 5 heteroatoms. The molecular weight excluding hydrogens is 369 g/mol. The van der Waals surface area contributed by atoms with E-state index in [0.717, 1.165) is 30.0 Å². The van der Waals surface area contributed by atoms with E-state index in [1.165, 1.54) is 0 Å². The van der Waals surface area contributed by atoms with E-state index in [0.29, 0.717) is 22.3 Å². The van der Waals surface area contributed by atoms with Gasteiger partial charge in [-0.05, 0) is 43.3 Å². The summed E-state index contributed by atoms with van der Waals surface area (Å²) in [5.41, 5.74) is 1.10. The maximum absolute atomic E-state index is 6.26. The number of hydrogen-bond donors (Lipinski definition) is 1. The lowest BCUT2D eigenvalue weighted by atomic mass is 10.1. The predicted molar refractivity (Wildman–Crippen MR) is 106 cm³/mol. The lowest BCUT2D eigenvalue weighted by Gasteiger charge is -2.21. The number of halogens is 2. The third-order valence-electron chi connectivity index (χ3n) is 4.01. The second-order valence-electron chi connectivity index (χ2n) is 6.07. The van der Waals surface area contributed by atoms with Crippen LogP contribution in [0, 0.1) is 6.92 Å². The summed E-state index contributed by atoms with van der Waals surface area (Å²) < 4.78 is 11.8. The summed E-state index contributed by atoms with van der Waals surface area (Å²) in [5, 5.41) is 4.54. The van der Waals surface area contributed by atoms with Crippen LogP contribution >= 0.6 is 23.2 Å². The van der Waals surface area contributed by atoms with Crippen LogP contribution in [0.3, 0.4) is 0 Å². The number of benzene rings is 2. The Balaban J connectivity index is 1.64. The SMILES string of the molecule is Cc1ccc(CNCC[C@@H](Oc2cc(Cl)ccc2Cl)c2ccccc2)o1. The molecule has 0 aliphatic rings. The first kappa shape index (κ1) is 18.8. The van der Waals surface area contributed by atoms with Crippen molar-refractivity contribution in [1.82, 2.24) is 5.32 Å². The molecule has 1 N–H and O–H groups in total. The van der Waals surface area contributed by atoms with Gasteiger partial charge in [0.05, 0.1) is 11.6 Å². The largest absolute Gasteiger partial charge is 0.484 e. The van der Waals surface area contributed by atoms with Gasteiger partial charge in [0.1, 0.15) is 23.4 Å². The third-order valence-corrected chi connectivity index (χ3v) is 4.56. The van der Waals surface area contributed by atoms with Gasteiger partial charge >= 0.3 is 0 Å². The number of nitrogens with one attached hydrogen (secondary N) is 1. The first-order chi connectivity index (χ1) is 12.6. The van der Waals surface area contributed by atoms with Crippen LogP contribution in [0.15, 0.2) is 65.1 Å². The van der Waals surface area contributed by atoms with E-state index >= 15 is 0 Å². The van der Waals surface area contributed by atoms with Crippen LogP contribution < -0.4 is 10.1 Å². The second-order valence-corrected chi connectivity index (χ2v) is 6.91. The topological polar surface area (TPSA) is 34.4 Å². The highest BCUT2D eigenvalue weighted by atomic mass is 35.5. The molecular formula is C21H21Cl2NO2. The molecule has 0 bridgehead atoms. The summed E-state index contributed by atoms with van der Waals surface area (Å²) in [6.45, 7) is 3.41. The first-order valence-corrected chi connectivity index (χ1v) is 9.30. The van der Waals surface area contributed by atoms with Crippen LogP contribution in [-0.4, -0.2) is 6.54 Å². The fourth-order valence-electron chi connectivity index (χ4n) is 2.71. The smallest absolute Gasteiger partial charge is 0.140 e. The van der Waals surface area contributed by atoms with Gasteiger partial charge in [0, 0.05) is 17.5 Å². The Hall–Kier alpha value is -1.94. The minimum Gasteiger partial charge on any atom is -0.484 e. The summed E-state index contributed by atoms with van der Waals surface area (Å²) >= 11 is 12.3. The molecule has 3 nitrogen and oxygen atoms in total. The maximum atomic E-state index is 6.26. The molecule has 1 atom stereocenters. The molecule has 136 valence electrons. The van der Waals surface area contributed by atoms with Gasteiger partial charge < -0.3 is 14.5 Å². The van der Waals surface area contributed by atoms with Crippen LogP contribution in [-0.2, 0) is 6.54 Å². The average Bonchev–Trinajstić information content (AvgIpc) is 3.06. The molecule has 0 amide bonds. The number of hydrogen-bond acceptors (Lipinski definition) is 3. The van der Waals surface area contributed by atoms with Crippen molar-refractivity contribution < 1.29 is 9.15 Å². The molecule has 3 rings (SSSR count). The lowest BCUT2D eigenvalue weighted by molar-refractivity contribution is 0.193. The number of rotatable bonds is 8. The molecule has 0 aliphatic heterocycles. The normalized spacial score (nSPS) is 12.1. The lowest BCUT2D eigenvalue weighted by Crippen LogP contribution is -2.19. The Morgan fingerprint density at radius 2 is 1.85 bits per heavy atom. The van der Waals surface area contributed by atoms with E-state index in [-0.39, 0.29) is 6.10 Å². The van der Waals surface area contributed by atoms with Crippen molar-refractivity contribution in [3.63, 3.8) is 0 Å². The first-order valence-electron chi connectivity index (χ1n) is 8.54. The maximum Gasteiger partial charge on any atom is 0.140 e. The molecule has 2 aromatic carbocycles. The van der Waals surface area contributed by atoms with Crippen molar-refractivity contribution in [3.05, 3.63) is 87.8 Å². The molecule has 3 aromatic rings. The van der Waals surface area contributed by atoms with Crippen LogP contribution in [0.25, 0.3) is 0 Å². The monoisotopic (exact) mass is 389 g/mol. The number of ether oxygens (including phenoxy) is 1. The zero-order chi connectivity index (χ0) is 18.4. The van der Waals surface area contributed by atoms with E-state index < -0.39 is 0 Å². The van der Waals surface area contributed by atoms with Crippen LogP contribution in [0.5, 0.6) is 5.75 Å². The van der Waals surface area contributed by atoms with E-state index in [1.54, 1.807) is 18.2 Å². The average molecular weight is 390 g/mol. The van der Waals surface area contributed by atoms with Gasteiger partial charge in [-0.1, -0.05) is 53.5 Å². The Morgan fingerprint density at radius 3 is 2.58 bits per heavy atom. The van der Waals surface area contributed by atoms with Crippen molar-refractivity contribution >= 4 is 23.2 Å². The Bertz CT molecular complexity index is 833. The second kappa shape index (κ2) is 9.13. The van der Waals surface area contributed by atoms with Crippen LogP contribution in [0.2, 0.25) is 10.0 Å². The summed E-state index contributed by atoms with van der Waals surface area (Å²) in [5.74, 6) is 2.44. The van der Waals surface area contributed by atoms with Crippen molar-refractivity contribution in [2.45, 2.75) is 26.0 Å². The minimum absolute atomic E-state index is 0.127. The summed E-state index contributed by atoms with van der Waals surface area (Å²) in [4.78, 5) is 0. The molecule has 1 heterocycles. The van der Waals surface area contributed by atoms with E-state index in [2.05, 4.69) is 17.4 Å². The van der Waals surface area contributed by atoms with Crippen LogP contribution in [0.1, 0.15) is 29.6 Å². The van der Waals surface area contributed by atoms with Gasteiger partial charge in [-0.2, -0.15) is 0 Å². The zero-order valence-electron chi connectivity index (χ0n) is 14.5. The fourth-order valence-corrected chi connectivity index (χ4v) is 3.03. The van der Waals surface area contributed by atoms with Crippen LogP contribution in [0.4, 0.5) is 0 Å². The van der Waals surface area contributed by atoms with E-state index in [9.17, 15) is 0 Å². The van der Waals surface area contributed by atoms with Gasteiger partial charge in [-0.25, -0.2) is 0 Å². The molecule has 0 unspecified atom stereocenters. The molecule has 0 aliphatic carbocycles. The Kier molecular flexibility index (Phi) is 6.62. The number of aryl methyl sites for hydroxylation is 1. The Morgan fingerprint density at radius 1 is 1.04 bits per heavy atom. The van der Waals surface area contributed by atoms with Gasteiger partial charge in [0.25, 0.3) is 0 Å². The number of furan rings is 1. The molecule has 26 heavy (non-hydrogen) atoms. The van der Waals surface area contributed by atoms with Crippen molar-refractivity contribution in [3.8, 4) is 5.75 Å². The molecule has 0 saturated carbocycles. The summed E-state index contributed by atoms with van der Waals surface area (Å²) in [6.07, 6.45) is 0.657. The van der Waals surface area contributed by atoms with Gasteiger partial charge in [-0.3, -0.25) is 0 Å². The predicted octanol–water partition coefficient (Wildman–Crippen LogP) is 6.19. The standard InChI is InChI=1S/C21H21Cl2NO2/c1-15-7-9-18(25-15)14-24-12-11-20(16-5-3-2-4-6-16)26-21-13-17(22)8-10-19(21)23/h2-10,13,20,24H,11-12,14H2,1H3/t20-/m1/s1. The third kappa shape index (κ3) is 5.28. The molecule has 0 spiro atoms. The highest BCUT2D eigenvalue weighted by Gasteiger charge is 2.15. The zero-order valence-corrected chi connectivity index (χ0v) is 16.1. The summed E-state index contributed by atoms with van der Waals surface area (Å²) in [6, 6.07) is 19.3. The fraction of sp³-hybridized carbons (Fsp3) is 0.238. The Labute approximate surface area is 163 Å². The highest BCUT2D eigenvalue weighted by Crippen LogP contribution is 2.32. The summed E-state index contributed by atoms with van der Waals surface area (Å²) in [7, 11) is 0. The molecule has 0 radical (unpaired) electrons. The van der Waals surface area contributed by atoms with Gasteiger partial charge in [0.15, 0.2) is 0 Å². The van der Waals surface area contributed by atoms with Gasteiger partial charge in [0.2, 0.25) is 0 Å². The molecule has 1 aromatic heterocycles. The van der Waals surface area contributed by atoms with Gasteiger partial charge in [-0.15, -0.1) is 0 Å². The quantitative estimate of drug-likeness (QED) is 0.466. The minimum atomic E-state index is -0.127. The van der Waals surface area contributed by atoms with E-state index in [1.807, 2.05) is 37.3 Å². The van der Waals surface area contributed by atoms with Crippen molar-refractivity contribution in [2.24, 2.45) is 0 Å².